The van der Waals surface area contributed by atoms with Crippen molar-refractivity contribution in [2.45, 2.75) is 12.1 Å². The second kappa shape index (κ2) is 5.62. The normalized spacial score (nSPS) is 33.9. The highest BCUT2D eigenvalue weighted by molar-refractivity contribution is 7.91. The minimum Gasteiger partial charge on any atom is -0.386 e. The van der Waals surface area contributed by atoms with Gasteiger partial charge in [0.1, 0.15) is 44.1 Å². The molecule has 0 radical (unpaired) electrons. The summed E-state index contributed by atoms with van der Waals surface area (Å²) >= 11 is 0. The second-order valence-electron chi connectivity index (χ2n) is 4.94. The van der Waals surface area contributed by atoms with Crippen LogP contribution in [0.5, 0.6) is 0 Å². The van der Waals surface area contributed by atoms with Gasteiger partial charge in [0.15, 0.2) is 9.84 Å². The zero-order valence-electron chi connectivity index (χ0n) is 9.97. The van der Waals surface area contributed by atoms with Gasteiger partial charge in [-0.1, -0.05) is 0 Å². The van der Waals surface area contributed by atoms with Gasteiger partial charge in [0, 0.05) is 0 Å². The summed E-state index contributed by atoms with van der Waals surface area (Å²) in [5.41, 5.74) is 0. The summed E-state index contributed by atoms with van der Waals surface area (Å²) in [6, 6.07) is -0.166. The Labute approximate surface area is 102 Å². The van der Waals surface area contributed by atoms with Crippen LogP contribution in [0.15, 0.2) is 0 Å². The van der Waals surface area contributed by atoms with Crippen molar-refractivity contribution in [1.29, 1.82) is 0 Å². The third-order valence-electron chi connectivity index (χ3n) is 3.53. The molecule has 0 spiro atoms. The van der Waals surface area contributed by atoms with Gasteiger partial charge in [-0.05, 0) is 0 Å². The standard InChI is InChI=1S/C10H20N2O4S/c13-10-8-17(14,15)7-9(10)11-1-2-12-3-5-16-6-4-12/h9-11,13H,1-8H2/p+2. The fourth-order valence-electron chi connectivity index (χ4n) is 2.49. The van der Waals surface area contributed by atoms with Crippen molar-refractivity contribution < 1.29 is 28.5 Å². The molecule has 2 fully saturated rings. The fraction of sp³-hybridized carbons (Fsp3) is 1.00. The molecule has 0 aliphatic carbocycles. The van der Waals surface area contributed by atoms with Gasteiger partial charge in [-0.2, -0.15) is 0 Å². The van der Waals surface area contributed by atoms with Crippen molar-refractivity contribution >= 4 is 9.84 Å². The Bertz CT molecular complexity index is 340. The first-order valence-electron chi connectivity index (χ1n) is 6.20. The Morgan fingerprint density at radius 3 is 2.59 bits per heavy atom. The molecule has 0 aromatic rings. The van der Waals surface area contributed by atoms with Crippen LogP contribution in [0.4, 0.5) is 0 Å². The first-order valence-corrected chi connectivity index (χ1v) is 8.02. The lowest BCUT2D eigenvalue weighted by Gasteiger charge is -2.23. The predicted molar refractivity (Wildman–Crippen MR) is 61.6 cm³/mol. The van der Waals surface area contributed by atoms with Crippen LogP contribution < -0.4 is 10.2 Å². The molecule has 7 heteroatoms. The van der Waals surface area contributed by atoms with Crippen LogP contribution in [0, 0.1) is 0 Å². The quantitative estimate of drug-likeness (QED) is 0.480. The highest BCUT2D eigenvalue weighted by Crippen LogP contribution is 2.08. The number of rotatable bonds is 4. The van der Waals surface area contributed by atoms with Gasteiger partial charge in [0.25, 0.3) is 0 Å². The number of nitrogens with two attached hydrogens (primary N) is 1. The molecule has 17 heavy (non-hydrogen) atoms. The number of sulfone groups is 1. The summed E-state index contributed by atoms with van der Waals surface area (Å²) < 4.78 is 27.9. The van der Waals surface area contributed by atoms with Crippen LogP contribution in [0.2, 0.25) is 0 Å². The maximum atomic E-state index is 11.3. The van der Waals surface area contributed by atoms with E-state index < -0.39 is 15.9 Å². The van der Waals surface area contributed by atoms with Gasteiger partial charge in [-0.3, -0.25) is 0 Å². The molecule has 100 valence electrons. The summed E-state index contributed by atoms with van der Waals surface area (Å²) in [6.07, 6.45) is -0.695. The van der Waals surface area contributed by atoms with Gasteiger partial charge in [0.2, 0.25) is 0 Å². The lowest BCUT2D eigenvalue weighted by Crippen LogP contribution is -3.16. The van der Waals surface area contributed by atoms with E-state index in [1.165, 1.54) is 4.90 Å². The topological polar surface area (TPSA) is 84.7 Å². The molecule has 2 heterocycles. The molecule has 0 saturated carbocycles. The molecule has 2 atom stereocenters. The minimum atomic E-state index is -3.01. The molecule has 6 nitrogen and oxygen atoms in total. The molecular weight excluding hydrogens is 244 g/mol. The van der Waals surface area contributed by atoms with Gasteiger partial charge in [-0.25, -0.2) is 8.42 Å². The number of ether oxygens (including phenoxy) is 1. The van der Waals surface area contributed by atoms with E-state index in [0.29, 0.717) is 0 Å². The van der Waals surface area contributed by atoms with E-state index in [-0.39, 0.29) is 17.5 Å². The Balaban J connectivity index is 1.68. The first-order chi connectivity index (χ1) is 8.07. The fourth-order valence-corrected chi connectivity index (χ4v) is 4.34. The zero-order chi connectivity index (χ0) is 12.3. The predicted octanol–water partition coefficient (Wildman–Crippen LogP) is -4.38. The maximum Gasteiger partial charge on any atom is 0.159 e. The monoisotopic (exact) mass is 266 g/mol. The number of nitrogens with one attached hydrogen (secondary N) is 1. The van der Waals surface area contributed by atoms with E-state index in [1.54, 1.807) is 0 Å². The summed E-state index contributed by atoms with van der Waals surface area (Å²) in [5.74, 6) is 0.0468. The van der Waals surface area contributed by atoms with E-state index in [4.69, 9.17) is 4.74 Å². The molecular formula is C10H22N2O4S+2. The van der Waals surface area contributed by atoms with Crippen LogP contribution in [0.1, 0.15) is 0 Å². The van der Waals surface area contributed by atoms with E-state index in [0.717, 1.165) is 39.4 Å². The number of morpholine rings is 1. The minimum absolute atomic E-state index is 0.0709. The first kappa shape index (κ1) is 13.2. The van der Waals surface area contributed by atoms with Crippen LogP contribution in [0.3, 0.4) is 0 Å². The number of hydrogen-bond donors (Lipinski definition) is 3. The third kappa shape index (κ3) is 3.89. The van der Waals surface area contributed by atoms with Crippen molar-refractivity contribution in [2.24, 2.45) is 0 Å². The molecule has 2 saturated heterocycles. The lowest BCUT2D eigenvalue weighted by molar-refractivity contribution is -0.921. The maximum absolute atomic E-state index is 11.3. The smallest absolute Gasteiger partial charge is 0.159 e. The highest BCUT2D eigenvalue weighted by Gasteiger charge is 2.39. The Kier molecular flexibility index (Phi) is 4.37. The number of aliphatic hydroxyl groups excluding tert-OH is 1. The summed E-state index contributed by atoms with van der Waals surface area (Å²) in [5, 5.41) is 11.6. The Morgan fingerprint density at radius 2 is 2.00 bits per heavy atom. The van der Waals surface area contributed by atoms with E-state index in [2.05, 4.69) is 0 Å². The Morgan fingerprint density at radius 1 is 1.29 bits per heavy atom. The third-order valence-corrected chi connectivity index (χ3v) is 5.27. The number of aliphatic hydroxyl groups is 1. The second-order valence-corrected chi connectivity index (χ2v) is 7.10. The summed E-state index contributed by atoms with van der Waals surface area (Å²) in [7, 11) is -3.01. The molecule has 2 aliphatic heterocycles. The van der Waals surface area contributed by atoms with Crippen LogP contribution in [-0.4, -0.2) is 76.6 Å². The van der Waals surface area contributed by atoms with Crippen LogP contribution in [0.25, 0.3) is 0 Å². The Hall–Kier alpha value is -0.210. The van der Waals surface area contributed by atoms with Gasteiger partial charge >= 0.3 is 0 Å². The van der Waals surface area contributed by atoms with Crippen molar-refractivity contribution in [3.8, 4) is 0 Å². The molecule has 0 aromatic heterocycles. The van der Waals surface area contributed by atoms with E-state index in [1.807, 2.05) is 5.32 Å². The van der Waals surface area contributed by atoms with E-state index in [9.17, 15) is 13.5 Å². The van der Waals surface area contributed by atoms with Crippen molar-refractivity contribution in [3.05, 3.63) is 0 Å². The SMILES string of the molecule is O=S1(=O)CC(O)C([NH2+]CC[NH+]2CCOCC2)C1. The van der Waals surface area contributed by atoms with Gasteiger partial charge < -0.3 is 20.1 Å². The molecule has 2 aliphatic rings. The lowest BCUT2D eigenvalue weighted by atomic mass is 10.2. The van der Waals surface area contributed by atoms with Crippen molar-refractivity contribution in [3.63, 3.8) is 0 Å². The molecule has 0 bridgehead atoms. The number of quaternary nitrogens is 2. The van der Waals surface area contributed by atoms with Gasteiger partial charge in [-0.15, -0.1) is 0 Å². The summed E-state index contributed by atoms with van der Waals surface area (Å²) in [6.45, 7) is 5.56. The molecule has 2 rings (SSSR count). The average molecular weight is 266 g/mol. The summed E-state index contributed by atoms with van der Waals surface area (Å²) in [4.78, 5) is 1.50. The molecule has 0 amide bonds. The van der Waals surface area contributed by atoms with Crippen LogP contribution in [-0.2, 0) is 14.6 Å². The molecule has 4 N–H and O–H groups in total. The highest BCUT2D eigenvalue weighted by atomic mass is 32.2. The molecule has 0 aromatic carbocycles. The van der Waals surface area contributed by atoms with Crippen LogP contribution >= 0.6 is 0 Å². The van der Waals surface area contributed by atoms with E-state index >= 15 is 0 Å². The largest absolute Gasteiger partial charge is 0.386 e. The zero-order valence-corrected chi connectivity index (χ0v) is 10.8. The average Bonchev–Trinajstić information content (AvgIpc) is 2.53. The van der Waals surface area contributed by atoms with Gasteiger partial charge in [0.05, 0.1) is 19.0 Å². The molecule has 2 unspecified atom stereocenters. The number of hydrogen-bond acceptors (Lipinski definition) is 4. The van der Waals surface area contributed by atoms with Crippen molar-refractivity contribution in [1.82, 2.24) is 0 Å². The van der Waals surface area contributed by atoms with Crippen molar-refractivity contribution in [2.75, 3.05) is 50.9 Å².